The fourth-order valence-corrected chi connectivity index (χ4v) is 3.21. The summed E-state index contributed by atoms with van der Waals surface area (Å²) in [5.41, 5.74) is 1.41. The highest BCUT2D eigenvalue weighted by Gasteiger charge is 2.51. The van der Waals surface area contributed by atoms with E-state index in [-0.39, 0.29) is 12.4 Å². The Morgan fingerprint density at radius 3 is 2.24 bits per heavy atom. The van der Waals surface area contributed by atoms with Gasteiger partial charge in [-0.15, -0.1) is 0 Å². The molecule has 1 aliphatic heterocycles. The summed E-state index contributed by atoms with van der Waals surface area (Å²) in [5, 5.41) is 1.45. The van der Waals surface area contributed by atoms with Gasteiger partial charge in [0.25, 0.3) is 0 Å². The van der Waals surface area contributed by atoms with Crippen LogP contribution in [0.5, 0.6) is 0 Å². The molecule has 0 N–H and O–H groups in total. The van der Waals surface area contributed by atoms with E-state index in [1.165, 1.54) is 5.06 Å². The number of ether oxygens (including phenoxy) is 1. The van der Waals surface area contributed by atoms with Crippen LogP contribution in [0.15, 0.2) is 60.7 Å². The van der Waals surface area contributed by atoms with Crippen LogP contribution in [0.1, 0.15) is 28.9 Å². The van der Waals surface area contributed by atoms with E-state index in [1.54, 1.807) is 26.1 Å². The number of nitrogens with zero attached hydrogens (tertiary/aromatic N) is 1. The number of rotatable bonds is 5. The van der Waals surface area contributed by atoms with E-state index >= 15 is 0 Å². The van der Waals surface area contributed by atoms with Gasteiger partial charge in [-0.3, -0.25) is 14.4 Å². The molecule has 5 nitrogen and oxygen atoms in total. The zero-order valence-electron chi connectivity index (χ0n) is 14.3. The molecule has 1 aliphatic rings. The predicted octanol–water partition coefficient (Wildman–Crippen LogP) is 3.04. The van der Waals surface area contributed by atoms with Crippen molar-refractivity contribution in [1.82, 2.24) is 5.06 Å². The summed E-state index contributed by atoms with van der Waals surface area (Å²) in [7, 11) is 1.66. The highest BCUT2D eigenvalue weighted by Crippen LogP contribution is 2.40. The number of benzene rings is 2. The lowest BCUT2D eigenvalue weighted by Gasteiger charge is -2.21. The van der Waals surface area contributed by atoms with Gasteiger partial charge in [-0.1, -0.05) is 60.7 Å². The number of carbonyl (C=O) groups is 2. The summed E-state index contributed by atoms with van der Waals surface area (Å²) < 4.78 is 5.18. The summed E-state index contributed by atoms with van der Waals surface area (Å²) in [6, 6.07) is 17.7. The quantitative estimate of drug-likeness (QED) is 0.619. The van der Waals surface area contributed by atoms with Gasteiger partial charge < -0.3 is 4.74 Å². The lowest BCUT2D eigenvalue weighted by Crippen LogP contribution is -2.41. The van der Waals surface area contributed by atoms with Crippen molar-refractivity contribution in [1.29, 1.82) is 0 Å². The summed E-state index contributed by atoms with van der Waals surface area (Å²) >= 11 is 0. The van der Waals surface area contributed by atoms with Crippen LogP contribution in [0.4, 0.5) is 0 Å². The molecule has 0 radical (unpaired) electrons. The first-order chi connectivity index (χ1) is 12.1. The Morgan fingerprint density at radius 2 is 1.64 bits per heavy atom. The Balaban J connectivity index is 2.01. The van der Waals surface area contributed by atoms with Crippen LogP contribution in [0, 0.1) is 5.92 Å². The molecule has 1 saturated heterocycles. The molecular weight excluding hydrogens is 318 g/mol. The van der Waals surface area contributed by atoms with Crippen LogP contribution in [-0.4, -0.2) is 36.5 Å². The maximum Gasteiger partial charge on any atom is 0.326 e. The Hall–Kier alpha value is -2.50. The highest BCUT2D eigenvalue weighted by molar-refractivity contribution is 6.01. The molecule has 25 heavy (non-hydrogen) atoms. The number of likely N-dealkylation sites (N-methyl/N-ethyl adjacent to an activating group) is 1. The molecular formula is C20H21NO4. The van der Waals surface area contributed by atoms with Gasteiger partial charge in [-0.05, 0) is 12.5 Å². The molecule has 0 bridgehead atoms. The molecule has 0 spiro atoms. The molecule has 130 valence electrons. The third-order valence-electron chi connectivity index (χ3n) is 4.36. The molecule has 5 heteroatoms. The second-order valence-corrected chi connectivity index (χ2v) is 5.94. The van der Waals surface area contributed by atoms with Crippen molar-refractivity contribution in [3.8, 4) is 0 Å². The van der Waals surface area contributed by atoms with Gasteiger partial charge in [0.1, 0.15) is 12.1 Å². The average molecular weight is 339 g/mol. The van der Waals surface area contributed by atoms with Crippen LogP contribution < -0.4 is 0 Å². The zero-order valence-corrected chi connectivity index (χ0v) is 14.3. The Kier molecular flexibility index (Phi) is 5.26. The van der Waals surface area contributed by atoms with Gasteiger partial charge >= 0.3 is 5.97 Å². The van der Waals surface area contributed by atoms with Crippen molar-refractivity contribution >= 4 is 11.8 Å². The molecule has 3 atom stereocenters. The summed E-state index contributed by atoms with van der Waals surface area (Å²) in [6.45, 7) is 2.00. The Bertz CT molecular complexity index is 732. The van der Waals surface area contributed by atoms with Crippen molar-refractivity contribution in [2.45, 2.75) is 19.1 Å². The van der Waals surface area contributed by atoms with Gasteiger partial charge in [0, 0.05) is 12.6 Å². The largest absolute Gasteiger partial charge is 0.465 e. The van der Waals surface area contributed by atoms with Crippen molar-refractivity contribution in [2.24, 2.45) is 5.92 Å². The molecule has 0 amide bonds. The second-order valence-electron chi connectivity index (χ2n) is 5.94. The van der Waals surface area contributed by atoms with Crippen molar-refractivity contribution < 1.29 is 19.2 Å². The summed E-state index contributed by atoms with van der Waals surface area (Å²) in [5.74, 6) is -1.25. The van der Waals surface area contributed by atoms with Crippen molar-refractivity contribution in [3.63, 3.8) is 0 Å². The molecule has 2 aromatic carbocycles. The summed E-state index contributed by atoms with van der Waals surface area (Å²) in [4.78, 5) is 31.6. The van der Waals surface area contributed by atoms with Gasteiger partial charge in [-0.25, -0.2) is 0 Å². The van der Waals surface area contributed by atoms with E-state index in [0.717, 1.165) is 5.56 Å². The maximum absolute atomic E-state index is 13.2. The van der Waals surface area contributed by atoms with E-state index in [1.807, 2.05) is 48.5 Å². The number of hydrogen-bond acceptors (Lipinski definition) is 5. The molecule has 0 unspecified atom stereocenters. The molecule has 0 aliphatic carbocycles. The smallest absolute Gasteiger partial charge is 0.326 e. The normalized spacial score (nSPS) is 23.4. The highest BCUT2D eigenvalue weighted by atomic mass is 16.7. The van der Waals surface area contributed by atoms with E-state index < -0.39 is 24.0 Å². The van der Waals surface area contributed by atoms with E-state index in [9.17, 15) is 9.59 Å². The van der Waals surface area contributed by atoms with Crippen molar-refractivity contribution in [2.75, 3.05) is 13.7 Å². The standard InChI is InChI=1S/C20H21NO4/c1-3-24-20(23)17-16(18(22)14-10-6-4-7-11-14)19(25-21(17)2)15-12-8-5-9-13-15/h4-13,16-17,19H,3H2,1-2H3/t16-,17-,19-/m0/s1. The van der Waals surface area contributed by atoms with E-state index in [2.05, 4.69) is 0 Å². The third kappa shape index (κ3) is 3.48. The Morgan fingerprint density at radius 1 is 1.04 bits per heavy atom. The number of ketones is 1. The van der Waals surface area contributed by atoms with Crippen LogP contribution in [0.2, 0.25) is 0 Å². The first-order valence-electron chi connectivity index (χ1n) is 8.34. The second kappa shape index (κ2) is 7.59. The minimum absolute atomic E-state index is 0.128. The van der Waals surface area contributed by atoms with Crippen LogP contribution in [0.3, 0.4) is 0 Å². The number of hydrogen-bond donors (Lipinski definition) is 0. The molecule has 2 aromatic rings. The predicted molar refractivity (Wildman–Crippen MR) is 92.7 cm³/mol. The lowest BCUT2D eigenvalue weighted by atomic mass is 9.84. The molecule has 1 fully saturated rings. The van der Waals surface area contributed by atoms with Gasteiger partial charge in [-0.2, -0.15) is 5.06 Å². The monoisotopic (exact) mass is 339 g/mol. The van der Waals surface area contributed by atoms with Crippen molar-refractivity contribution in [3.05, 3.63) is 71.8 Å². The first kappa shape index (κ1) is 17.3. The maximum atomic E-state index is 13.2. The minimum atomic E-state index is -0.780. The number of carbonyl (C=O) groups excluding carboxylic acids is 2. The third-order valence-corrected chi connectivity index (χ3v) is 4.36. The topological polar surface area (TPSA) is 55.8 Å². The number of esters is 1. The van der Waals surface area contributed by atoms with E-state index in [0.29, 0.717) is 5.56 Å². The first-order valence-corrected chi connectivity index (χ1v) is 8.34. The van der Waals surface area contributed by atoms with Crippen LogP contribution in [0.25, 0.3) is 0 Å². The van der Waals surface area contributed by atoms with E-state index in [4.69, 9.17) is 9.57 Å². The average Bonchev–Trinajstić information content (AvgIpc) is 3.00. The minimum Gasteiger partial charge on any atom is -0.465 e. The molecule has 0 aromatic heterocycles. The number of Topliss-reactive ketones (excluding diaryl/α,β-unsaturated/α-hetero) is 1. The van der Waals surface area contributed by atoms with Crippen LogP contribution in [-0.2, 0) is 14.4 Å². The van der Waals surface area contributed by atoms with Gasteiger partial charge in [0.15, 0.2) is 5.78 Å². The molecule has 3 rings (SSSR count). The van der Waals surface area contributed by atoms with Gasteiger partial charge in [0.2, 0.25) is 0 Å². The SMILES string of the molecule is CCOC(=O)[C@@H]1[C@@H](C(=O)c2ccccc2)[C@H](c2ccccc2)ON1C. The van der Waals surface area contributed by atoms with Gasteiger partial charge in [0.05, 0.1) is 12.5 Å². The lowest BCUT2D eigenvalue weighted by molar-refractivity contribution is -0.172. The number of hydroxylamine groups is 2. The summed E-state index contributed by atoms with van der Waals surface area (Å²) in [6.07, 6.45) is -0.534. The Labute approximate surface area is 147 Å². The van der Waals surface area contributed by atoms with Crippen LogP contribution >= 0.6 is 0 Å². The molecule has 0 saturated carbocycles. The zero-order chi connectivity index (χ0) is 17.8. The molecule has 1 heterocycles. The fourth-order valence-electron chi connectivity index (χ4n) is 3.21. The fraction of sp³-hybridized carbons (Fsp3) is 0.300.